The number of hydrogen-bond acceptors (Lipinski definition) is 4. The Bertz CT molecular complexity index is 817. The Morgan fingerprint density at radius 3 is 2.57 bits per heavy atom. The molecule has 7 heteroatoms. The fourth-order valence-electron chi connectivity index (χ4n) is 1.93. The Morgan fingerprint density at radius 2 is 1.83 bits per heavy atom. The van der Waals surface area contributed by atoms with Gasteiger partial charge in [0, 0.05) is 18.1 Å². The molecule has 0 saturated heterocycles. The molecule has 120 valence electrons. The standard InChI is InChI=1S/C16H15ClN2O2S2/c17-15-7-3-4-8-16(15)23(20,21)19-9-10-22-12-14-6-2-1-5-13(14)11-18/h1-8,19H,9-10,12H2. The maximum atomic E-state index is 12.1. The van der Waals surface area contributed by atoms with Gasteiger partial charge in [0.15, 0.2) is 0 Å². The molecule has 0 bridgehead atoms. The molecule has 0 fully saturated rings. The van der Waals surface area contributed by atoms with Crippen LogP contribution in [0, 0.1) is 11.3 Å². The Balaban J connectivity index is 1.84. The van der Waals surface area contributed by atoms with Crippen LogP contribution < -0.4 is 4.72 Å². The third kappa shape index (κ3) is 4.98. The van der Waals surface area contributed by atoms with Crippen molar-refractivity contribution < 1.29 is 8.42 Å². The van der Waals surface area contributed by atoms with Gasteiger partial charge in [0.1, 0.15) is 4.90 Å². The van der Waals surface area contributed by atoms with Crippen molar-refractivity contribution in [3.05, 3.63) is 64.7 Å². The summed E-state index contributed by atoms with van der Waals surface area (Å²) in [6, 6.07) is 15.9. The number of nitrogens with zero attached hydrogens (tertiary/aromatic N) is 1. The highest BCUT2D eigenvalue weighted by molar-refractivity contribution is 7.98. The van der Waals surface area contributed by atoms with E-state index >= 15 is 0 Å². The van der Waals surface area contributed by atoms with Crippen LogP contribution in [0.5, 0.6) is 0 Å². The zero-order chi connectivity index (χ0) is 16.7. The topological polar surface area (TPSA) is 70.0 Å². The van der Waals surface area contributed by atoms with Crippen molar-refractivity contribution in [2.24, 2.45) is 0 Å². The van der Waals surface area contributed by atoms with Gasteiger partial charge in [-0.2, -0.15) is 17.0 Å². The largest absolute Gasteiger partial charge is 0.242 e. The van der Waals surface area contributed by atoms with Crippen LogP contribution in [0.1, 0.15) is 11.1 Å². The van der Waals surface area contributed by atoms with E-state index in [9.17, 15) is 8.42 Å². The molecule has 0 amide bonds. The average Bonchev–Trinajstić information content (AvgIpc) is 2.55. The minimum Gasteiger partial charge on any atom is -0.210 e. The molecule has 0 spiro atoms. The van der Waals surface area contributed by atoms with Crippen LogP contribution in [0.15, 0.2) is 53.4 Å². The van der Waals surface area contributed by atoms with Crippen molar-refractivity contribution in [2.45, 2.75) is 10.6 Å². The van der Waals surface area contributed by atoms with Crippen LogP contribution in [0.4, 0.5) is 0 Å². The van der Waals surface area contributed by atoms with Crippen LogP contribution in [0.25, 0.3) is 0 Å². The maximum absolute atomic E-state index is 12.1. The summed E-state index contributed by atoms with van der Waals surface area (Å²) in [6.45, 7) is 0.299. The molecule has 0 heterocycles. The summed E-state index contributed by atoms with van der Waals surface area (Å²) in [4.78, 5) is 0.0847. The number of benzene rings is 2. The van der Waals surface area contributed by atoms with Gasteiger partial charge in [0.2, 0.25) is 10.0 Å². The van der Waals surface area contributed by atoms with Crippen LogP contribution in [-0.4, -0.2) is 20.7 Å². The van der Waals surface area contributed by atoms with E-state index in [4.69, 9.17) is 16.9 Å². The first-order valence-electron chi connectivity index (χ1n) is 6.84. The van der Waals surface area contributed by atoms with Crippen LogP contribution in [-0.2, 0) is 15.8 Å². The molecular formula is C16H15ClN2O2S2. The van der Waals surface area contributed by atoms with Crippen molar-refractivity contribution >= 4 is 33.4 Å². The van der Waals surface area contributed by atoms with E-state index in [1.807, 2.05) is 18.2 Å². The molecule has 0 aliphatic carbocycles. The van der Waals surface area contributed by atoms with Gasteiger partial charge in [0.25, 0.3) is 0 Å². The summed E-state index contributed by atoms with van der Waals surface area (Å²) < 4.78 is 26.8. The number of halogens is 1. The average molecular weight is 367 g/mol. The number of nitriles is 1. The quantitative estimate of drug-likeness (QED) is 0.762. The van der Waals surface area contributed by atoms with Gasteiger partial charge < -0.3 is 0 Å². The highest BCUT2D eigenvalue weighted by Gasteiger charge is 2.16. The number of sulfonamides is 1. The van der Waals surface area contributed by atoms with Gasteiger partial charge in [-0.25, -0.2) is 13.1 Å². The van der Waals surface area contributed by atoms with Gasteiger partial charge in [-0.3, -0.25) is 0 Å². The first-order valence-corrected chi connectivity index (χ1v) is 9.86. The molecule has 2 aromatic carbocycles. The molecule has 0 aliphatic rings. The third-order valence-electron chi connectivity index (χ3n) is 3.06. The summed E-state index contributed by atoms with van der Waals surface area (Å²) in [5.74, 6) is 1.26. The lowest BCUT2D eigenvalue weighted by Crippen LogP contribution is -2.26. The lowest BCUT2D eigenvalue weighted by molar-refractivity contribution is 0.584. The summed E-state index contributed by atoms with van der Waals surface area (Å²) in [5, 5.41) is 9.22. The minimum absolute atomic E-state index is 0.0847. The fourth-order valence-corrected chi connectivity index (χ4v) is 4.47. The summed E-state index contributed by atoms with van der Waals surface area (Å²) in [7, 11) is -3.60. The SMILES string of the molecule is N#Cc1ccccc1CSCCNS(=O)(=O)c1ccccc1Cl. The second-order valence-electron chi connectivity index (χ2n) is 4.65. The minimum atomic E-state index is -3.60. The Hall–Kier alpha value is -1.52. The molecule has 23 heavy (non-hydrogen) atoms. The number of nitrogens with one attached hydrogen (secondary N) is 1. The molecule has 0 unspecified atom stereocenters. The number of thioether (sulfide) groups is 1. The fraction of sp³-hybridized carbons (Fsp3) is 0.188. The predicted molar refractivity (Wildman–Crippen MR) is 94.0 cm³/mol. The molecule has 0 atom stereocenters. The first kappa shape index (κ1) is 17.8. The van der Waals surface area contributed by atoms with E-state index in [0.29, 0.717) is 23.6 Å². The van der Waals surface area contributed by atoms with Gasteiger partial charge in [-0.1, -0.05) is 41.9 Å². The highest BCUT2D eigenvalue weighted by atomic mass is 35.5. The van der Waals surface area contributed by atoms with E-state index in [2.05, 4.69) is 10.8 Å². The summed E-state index contributed by atoms with van der Waals surface area (Å²) >= 11 is 7.47. The molecule has 4 nitrogen and oxygen atoms in total. The van der Waals surface area contributed by atoms with E-state index in [-0.39, 0.29) is 9.92 Å². The van der Waals surface area contributed by atoms with Gasteiger partial charge in [0.05, 0.1) is 16.7 Å². The summed E-state index contributed by atoms with van der Waals surface area (Å²) in [5.41, 5.74) is 1.60. The lowest BCUT2D eigenvalue weighted by Gasteiger charge is -2.08. The molecule has 2 rings (SSSR count). The molecule has 1 N–H and O–H groups in total. The predicted octanol–water partition coefficient (Wildman–Crippen LogP) is 3.42. The van der Waals surface area contributed by atoms with Crippen molar-refractivity contribution in [3.8, 4) is 6.07 Å². The van der Waals surface area contributed by atoms with Crippen molar-refractivity contribution in [2.75, 3.05) is 12.3 Å². The van der Waals surface area contributed by atoms with Gasteiger partial charge in [-0.15, -0.1) is 0 Å². The lowest BCUT2D eigenvalue weighted by atomic mass is 10.1. The second kappa shape index (κ2) is 8.37. The molecular weight excluding hydrogens is 352 g/mol. The maximum Gasteiger partial charge on any atom is 0.242 e. The van der Waals surface area contributed by atoms with Crippen LogP contribution in [0.2, 0.25) is 5.02 Å². The Kier molecular flexibility index (Phi) is 6.48. The Morgan fingerprint density at radius 1 is 1.13 bits per heavy atom. The normalized spacial score (nSPS) is 11.1. The highest BCUT2D eigenvalue weighted by Crippen LogP contribution is 2.20. The van der Waals surface area contributed by atoms with Gasteiger partial charge in [-0.05, 0) is 23.8 Å². The van der Waals surface area contributed by atoms with Crippen molar-refractivity contribution in [1.29, 1.82) is 5.26 Å². The molecule has 0 saturated carbocycles. The number of rotatable bonds is 7. The zero-order valence-corrected chi connectivity index (χ0v) is 14.6. The van der Waals surface area contributed by atoms with Crippen LogP contribution in [0.3, 0.4) is 0 Å². The Labute approximate surface area is 145 Å². The van der Waals surface area contributed by atoms with E-state index in [1.165, 1.54) is 6.07 Å². The third-order valence-corrected chi connectivity index (χ3v) is 6.03. The molecule has 0 aromatic heterocycles. The number of hydrogen-bond donors (Lipinski definition) is 1. The van der Waals surface area contributed by atoms with Gasteiger partial charge >= 0.3 is 0 Å². The molecule has 2 aromatic rings. The molecule has 0 aliphatic heterocycles. The first-order chi connectivity index (χ1) is 11.0. The zero-order valence-electron chi connectivity index (χ0n) is 12.2. The molecule has 0 radical (unpaired) electrons. The van der Waals surface area contributed by atoms with E-state index < -0.39 is 10.0 Å². The smallest absolute Gasteiger partial charge is 0.210 e. The van der Waals surface area contributed by atoms with E-state index in [1.54, 1.807) is 36.0 Å². The second-order valence-corrected chi connectivity index (χ2v) is 7.90. The van der Waals surface area contributed by atoms with Crippen molar-refractivity contribution in [1.82, 2.24) is 4.72 Å². The van der Waals surface area contributed by atoms with Crippen molar-refractivity contribution in [3.63, 3.8) is 0 Å². The van der Waals surface area contributed by atoms with E-state index in [0.717, 1.165) is 5.56 Å². The monoisotopic (exact) mass is 366 g/mol. The summed E-state index contributed by atoms with van der Waals surface area (Å²) in [6.07, 6.45) is 0. The van der Waals surface area contributed by atoms with Crippen LogP contribution >= 0.6 is 23.4 Å².